The number of ether oxygens (including phenoxy) is 2. The first-order valence-electron chi connectivity index (χ1n) is 5.45. The standard InChI is InChI=1S/C11H17N3O2/c1-15-10-5-4-9(12)11(14-10)13-7-8-3-2-6-16-8/h4-5,8H,2-3,6-7,12H2,1H3,(H,13,14). The van der Waals surface area contributed by atoms with E-state index in [2.05, 4.69) is 10.3 Å². The maximum absolute atomic E-state index is 5.81. The van der Waals surface area contributed by atoms with Crippen molar-refractivity contribution < 1.29 is 9.47 Å². The highest BCUT2D eigenvalue weighted by Crippen LogP contribution is 2.20. The first kappa shape index (κ1) is 11.0. The minimum atomic E-state index is 0.271. The van der Waals surface area contributed by atoms with Crippen molar-refractivity contribution in [1.82, 2.24) is 4.98 Å². The van der Waals surface area contributed by atoms with Crippen LogP contribution in [0.1, 0.15) is 12.8 Å². The van der Waals surface area contributed by atoms with Crippen LogP contribution in [0.3, 0.4) is 0 Å². The van der Waals surface area contributed by atoms with Gasteiger partial charge in [-0.1, -0.05) is 0 Å². The Morgan fingerprint density at radius 2 is 2.50 bits per heavy atom. The number of nitrogen functional groups attached to an aromatic ring is 1. The molecule has 0 amide bonds. The molecule has 1 atom stereocenters. The van der Waals surface area contributed by atoms with Gasteiger partial charge in [0, 0.05) is 19.2 Å². The molecule has 16 heavy (non-hydrogen) atoms. The normalized spacial score (nSPS) is 19.7. The van der Waals surface area contributed by atoms with Gasteiger partial charge in [0.2, 0.25) is 5.88 Å². The molecule has 2 rings (SSSR count). The van der Waals surface area contributed by atoms with E-state index in [4.69, 9.17) is 15.2 Å². The third kappa shape index (κ3) is 2.55. The number of pyridine rings is 1. The summed E-state index contributed by atoms with van der Waals surface area (Å²) < 4.78 is 10.6. The highest BCUT2D eigenvalue weighted by Gasteiger charge is 2.15. The molecule has 1 aliphatic heterocycles. The average Bonchev–Trinajstić information content (AvgIpc) is 2.81. The van der Waals surface area contributed by atoms with Gasteiger partial charge in [-0.2, -0.15) is 4.98 Å². The van der Waals surface area contributed by atoms with Gasteiger partial charge in [0.25, 0.3) is 0 Å². The fourth-order valence-electron chi connectivity index (χ4n) is 1.72. The maximum Gasteiger partial charge on any atom is 0.215 e. The van der Waals surface area contributed by atoms with E-state index < -0.39 is 0 Å². The second-order valence-corrected chi connectivity index (χ2v) is 3.81. The molecule has 0 aromatic carbocycles. The van der Waals surface area contributed by atoms with Gasteiger partial charge in [-0.05, 0) is 18.9 Å². The molecular weight excluding hydrogens is 206 g/mol. The minimum Gasteiger partial charge on any atom is -0.481 e. The highest BCUT2D eigenvalue weighted by atomic mass is 16.5. The molecule has 1 aromatic heterocycles. The molecule has 1 unspecified atom stereocenters. The van der Waals surface area contributed by atoms with Crippen molar-refractivity contribution in [3.63, 3.8) is 0 Å². The number of rotatable bonds is 4. The van der Waals surface area contributed by atoms with Crippen LogP contribution < -0.4 is 15.8 Å². The van der Waals surface area contributed by atoms with Gasteiger partial charge in [-0.15, -0.1) is 0 Å². The zero-order valence-corrected chi connectivity index (χ0v) is 9.40. The topological polar surface area (TPSA) is 69.4 Å². The lowest BCUT2D eigenvalue weighted by atomic mass is 10.2. The fourth-order valence-corrected chi connectivity index (χ4v) is 1.72. The van der Waals surface area contributed by atoms with Gasteiger partial charge >= 0.3 is 0 Å². The van der Waals surface area contributed by atoms with E-state index in [1.807, 2.05) is 0 Å². The highest BCUT2D eigenvalue weighted by molar-refractivity contribution is 5.61. The number of anilines is 2. The van der Waals surface area contributed by atoms with Crippen LogP contribution in [0, 0.1) is 0 Å². The van der Waals surface area contributed by atoms with E-state index in [0.29, 0.717) is 17.4 Å². The Kier molecular flexibility index (Phi) is 3.46. The van der Waals surface area contributed by atoms with Crippen LogP contribution in [0.4, 0.5) is 11.5 Å². The lowest BCUT2D eigenvalue weighted by Crippen LogP contribution is -2.19. The van der Waals surface area contributed by atoms with Crippen molar-refractivity contribution >= 4 is 11.5 Å². The molecule has 0 radical (unpaired) electrons. The summed E-state index contributed by atoms with van der Waals surface area (Å²) in [6.07, 6.45) is 2.50. The van der Waals surface area contributed by atoms with Crippen molar-refractivity contribution in [3.8, 4) is 5.88 Å². The molecule has 0 aliphatic carbocycles. The van der Waals surface area contributed by atoms with Crippen molar-refractivity contribution in [3.05, 3.63) is 12.1 Å². The first-order valence-corrected chi connectivity index (χ1v) is 5.45. The summed E-state index contributed by atoms with van der Waals surface area (Å²) in [6, 6.07) is 3.52. The zero-order chi connectivity index (χ0) is 11.4. The Hall–Kier alpha value is -1.49. The number of nitrogens with zero attached hydrogens (tertiary/aromatic N) is 1. The Labute approximate surface area is 95.0 Å². The van der Waals surface area contributed by atoms with Gasteiger partial charge in [0.05, 0.1) is 18.9 Å². The quantitative estimate of drug-likeness (QED) is 0.804. The summed E-state index contributed by atoms with van der Waals surface area (Å²) >= 11 is 0. The van der Waals surface area contributed by atoms with E-state index in [-0.39, 0.29) is 6.10 Å². The molecule has 2 heterocycles. The van der Waals surface area contributed by atoms with Crippen LogP contribution >= 0.6 is 0 Å². The second kappa shape index (κ2) is 5.03. The van der Waals surface area contributed by atoms with Crippen molar-refractivity contribution in [2.75, 3.05) is 31.3 Å². The van der Waals surface area contributed by atoms with Gasteiger partial charge in [-0.25, -0.2) is 0 Å². The van der Waals surface area contributed by atoms with Crippen LogP contribution in [-0.4, -0.2) is 31.3 Å². The number of nitrogens with two attached hydrogens (primary N) is 1. The molecule has 5 heteroatoms. The van der Waals surface area contributed by atoms with Crippen molar-refractivity contribution in [2.45, 2.75) is 18.9 Å². The van der Waals surface area contributed by atoms with Gasteiger partial charge in [0.1, 0.15) is 0 Å². The van der Waals surface area contributed by atoms with Crippen LogP contribution in [0.5, 0.6) is 5.88 Å². The number of nitrogens with one attached hydrogen (secondary N) is 1. The molecule has 1 saturated heterocycles. The minimum absolute atomic E-state index is 0.271. The number of methoxy groups -OCH3 is 1. The maximum atomic E-state index is 5.81. The largest absolute Gasteiger partial charge is 0.481 e. The summed E-state index contributed by atoms with van der Waals surface area (Å²) in [4.78, 5) is 4.24. The first-order chi connectivity index (χ1) is 7.79. The lowest BCUT2D eigenvalue weighted by molar-refractivity contribution is 0.120. The predicted octanol–water partition coefficient (Wildman–Crippen LogP) is 1.26. The van der Waals surface area contributed by atoms with Gasteiger partial charge in [0.15, 0.2) is 5.82 Å². The zero-order valence-electron chi connectivity index (χ0n) is 9.40. The fraction of sp³-hybridized carbons (Fsp3) is 0.545. The molecule has 1 aromatic rings. The van der Waals surface area contributed by atoms with E-state index in [9.17, 15) is 0 Å². The SMILES string of the molecule is COc1ccc(N)c(NCC2CCCO2)n1. The molecule has 5 nitrogen and oxygen atoms in total. The Bertz CT molecular complexity index is 351. The molecular formula is C11H17N3O2. The smallest absolute Gasteiger partial charge is 0.215 e. The van der Waals surface area contributed by atoms with Crippen LogP contribution in [0.25, 0.3) is 0 Å². The molecule has 88 valence electrons. The van der Waals surface area contributed by atoms with E-state index in [0.717, 1.165) is 26.0 Å². The molecule has 0 spiro atoms. The van der Waals surface area contributed by atoms with Crippen LogP contribution in [0.2, 0.25) is 0 Å². The third-order valence-electron chi connectivity index (χ3n) is 2.63. The van der Waals surface area contributed by atoms with Crippen LogP contribution in [-0.2, 0) is 4.74 Å². The predicted molar refractivity (Wildman–Crippen MR) is 62.7 cm³/mol. The summed E-state index contributed by atoms with van der Waals surface area (Å²) in [7, 11) is 1.59. The molecule has 0 saturated carbocycles. The summed E-state index contributed by atoms with van der Waals surface area (Å²) in [6.45, 7) is 1.59. The molecule has 1 aliphatic rings. The number of hydrogen-bond acceptors (Lipinski definition) is 5. The third-order valence-corrected chi connectivity index (χ3v) is 2.63. The van der Waals surface area contributed by atoms with E-state index >= 15 is 0 Å². The summed E-state index contributed by atoms with van der Waals surface area (Å²) in [5.74, 6) is 1.22. The average molecular weight is 223 g/mol. The van der Waals surface area contributed by atoms with E-state index in [1.54, 1.807) is 19.2 Å². The summed E-state index contributed by atoms with van der Waals surface area (Å²) in [5.41, 5.74) is 6.43. The second-order valence-electron chi connectivity index (χ2n) is 3.81. The molecule has 0 bridgehead atoms. The molecule has 1 fully saturated rings. The Morgan fingerprint density at radius 3 is 3.19 bits per heavy atom. The Morgan fingerprint density at radius 1 is 1.62 bits per heavy atom. The Balaban J connectivity index is 1.96. The monoisotopic (exact) mass is 223 g/mol. The van der Waals surface area contributed by atoms with Gasteiger partial charge < -0.3 is 20.5 Å². The summed E-state index contributed by atoms with van der Waals surface area (Å²) in [5, 5.41) is 3.19. The molecule has 3 N–H and O–H groups in total. The van der Waals surface area contributed by atoms with Crippen LogP contribution in [0.15, 0.2) is 12.1 Å². The number of aromatic nitrogens is 1. The lowest BCUT2D eigenvalue weighted by Gasteiger charge is -2.13. The number of hydrogen-bond donors (Lipinski definition) is 2. The van der Waals surface area contributed by atoms with Crippen molar-refractivity contribution in [2.24, 2.45) is 0 Å². The van der Waals surface area contributed by atoms with E-state index in [1.165, 1.54) is 0 Å². The van der Waals surface area contributed by atoms with Crippen molar-refractivity contribution in [1.29, 1.82) is 0 Å². The van der Waals surface area contributed by atoms with Gasteiger partial charge in [-0.3, -0.25) is 0 Å².